The van der Waals surface area contributed by atoms with Crippen LogP contribution in [0.4, 0.5) is 5.69 Å². The smallest absolute Gasteiger partial charge is 0.0757 e. The van der Waals surface area contributed by atoms with Gasteiger partial charge in [-0.3, -0.25) is 4.68 Å². The third-order valence-electron chi connectivity index (χ3n) is 4.86. The minimum absolute atomic E-state index is 0.693. The van der Waals surface area contributed by atoms with Gasteiger partial charge in [0, 0.05) is 31.4 Å². The first-order valence-electron chi connectivity index (χ1n) is 8.35. The zero-order chi connectivity index (χ0) is 14.7. The highest BCUT2D eigenvalue weighted by Gasteiger charge is 2.40. The first kappa shape index (κ1) is 14.9. The van der Waals surface area contributed by atoms with Crippen molar-refractivity contribution in [1.82, 2.24) is 15.1 Å². The first-order valence-corrected chi connectivity index (χ1v) is 8.35. The van der Waals surface area contributed by atoms with E-state index in [9.17, 15) is 0 Å². The summed E-state index contributed by atoms with van der Waals surface area (Å²) in [5.74, 6) is 0. The van der Waals surface area contributed by atoms with Crippen LogP contribution in [0.5, 0.6) is 0 Å². The fourth-order valence-corrected chi connectivity index (χ4v) is 3.91. The summed E-state index contributed by atoms with van der Waals surface area (Å²) in [5.41, 5.74) is 1.30. The molecule has 1 N–H and O–H groups in total. The Morgan fingerprint density at radius 1 is 1.33 bits per heavy atom. The van der Waals surface area contributed by atoms with Gasteiger partial charge < -0.3 is 15.0 Å². The standard InChI is InChI=1S/C16H28N4O/c1-3-6-17-13-9-14-4-5-15(10-13)20(14)16-11-18-19(12-16)7-8-21-2/h11-15,17H,3-10H2,1-2H3. The van der Waals surface area contributed by atoms with Crippen LogP contribution in [0.2, 0.25) is 0 Å². The third kappa shape index (κ3) is 3.24. The van der Waals surface area contributed by atoms with Crippen LogP contribution in [0.1, 0.15) is 39.0 Å². The Kier molecular flexibility index (Phi) is 4.80. The van der Waals surface area contributed by atoms with Crippen LogP contribution < -0.4 is 10.2 Å². The summed E-state index contributed by atoms with van der Waals surface area (Å²) in [7, 11) is 1.73. The Balaban J connectivity index is 1.63. The molecule has 0 amide bonds. The van der Waals surface area contributed by atoms with E-state index in [1.807, 2.05) is 10.9 Å². The van der Waals surface area contributed by atoms with Crippen LogP contribution >= 0.6 is 0 Å². The van der Waals surface area contributed by atoms with Gasteiger partial charge in [-0.1, -0.05) is 6.92 Å². The Morgan fingerprint density at radius 3 is 2.76 bits per heavy atom. The van der Waals surface area contributed by atoms with Crippen molar-refractivity contribution < 1.29 is 4.74 Å². The van der Waals surface area contributed by atoms with Gasteiger partial charge in [0.05, 0.1) is 25.0 Å². The second-order valence-corrected chi connectivity index (χ2v) is 6.37. The van der Waals surface area contributed by atoms with Crippen LogP contribution in [-0.4, -0.2) is 48.2 Å². The van der Waals surface area contributed by atoms with Crippen molar-refractivity contribution in [3.05, 3.63) is 12.4 Å². The predicted molar refractivity (Wildman–Crippen MR) is 84.7 cm³/mol. The van der Waals surface area contributed by atoms with E-state index in [4.69, 9.17) is 4.74 Å². The Labute approximate surface area is 127 Å². The number of hydrogen-bond acceptors (Lipinski definition) is 4. The zero-order valence-corrected chi connectivity index (χ0v) is 13.3. The van der Waals surface area contributed by atoms with Crippen molar-refractivity contribution in [2.24, 2.45) is 0 Å². The number of anilines is 1. The minimum Gasteiger partial charge on any atom is -0.383 e. The molecule has 1 aromatic rings. The first-order chi connectivity index (χ1) is 10.3. The highest BCUT2D eigenvalue weighted by Crippen LogP contribution is 2.39. The number of nitrogens with one attached hydrogen (secondary N) is 1. The van der Waals surface area contributed by atoms with Crippen molar-refractivity contribution in [2.75, 3.05) is 25.2 Å². The summed E-state index contributed by atoms with van der Waals surface area (Å²) in [4.78, 5) is 2.63. The van der Waals surface area contributed by atoms with Gasteiger partial charge in [0.2, 0.25) is 0 Å². The van der Waals surface area contributed by atoms with Gasteiger partial charge in [0.1, 0.15) is 0 Å². The van der Waals surface area contributed by atoms with Gasteiger partial charge >= 0.3 is 0 Å². The number of hydrogen-bond donors (Lipinski definition) is 1. The number of ether oxygens (including phenoxy) is 1. The molecule has 3 rings (SSSR count). The Hall–Kier alpha value is -1.07. The van der Waals surface area contributed by atoms with Crippen molar-refractivity contribution >= 4 is 5.69 Å². The molecule has 0 saturated carbocycles. The fourth-order valence-electron chi connectivity index (χ4n) is 3.91. The van der Waals surface area contributed by atoms with Crippen molar-refractivity contribution in [1.29, 1.82) is 0 Å². The molecule has 2 aliphatic heterocycles. The Bertz CT molecular complexity index is 433. The SMILES string of the molecule is CCCNC1CC2CCC(C1)N2c1cnn(CCOC)c1. The molecule has 2 fully saturated rings. The monoisotopic (exact) mass is 292 g/mol. The molecule has 2 bridgehead atoms. The average Bonchev–Trinajstić information content (AvgIpc) is 3.05. The quantitative estimate of drug-likeness (QED) is 0.835. The molecule has 2 atom stereocenters. The molecule has 3 heterocycles. The van der Waals surface area contributed by atoms with Crippen LogP contribution in [-0.2, 0) is 11.3 Å². The van der Waals surface area contributed by atoms with E-state index < -0.39 is 0 Å². The molecule has 5 heteroatoms. The number of piperidine rings is 1. The summed E-state index contributed by atoms with van der Waals surface area (Å²) in [5, 5.41) is 8.19. The van der Waals surface area contributed by atoms with Crippen molar-refractivity contribution in [3.63, 3.8) is 0 Å². The van der Waals surface area contributed by atoms with Crippen molar-refractivity contribution in [2.45, 2.75) is 63.7 Å². The number of rotatable bonds is 7. The highest BCUT2D eigenvalue weighted by molar-refractivity contribution is 5.47. The maximum atomic E-state index is 5.12. The van der Waals surface area contributed by atoms with E-state index in [0.717, 1.165) is 19.7 Å². The lowest BCUT2D eigenvalue weighted by molar-refractivity contribution is 0.183. The lowest BCUT2D eigenvalue weighted by atomic mass is 9.97. The van der Waals surface area contributed by atoms with Crippen LogP contribution in [0.25, 0.3) is 0 Å². The van der Waals surface area contributed by atoms with E-state index in [2.05, 4.69) is 28.4 Å². The molecule has 0 aromatic carbocycles. The lowest BCUT2D eigenvalue weighted by Gasteiger charge is -2.40. The van der Waals surface area contributed by atoms with Gasteiger partial charge in [0.15, 0.2) is 0 Å². The summed E-state index contributed by atoms with van der Waals surface area (Å²) in [6, 6.07) is 2.10. The maximum Gasteiger partial charge on any atom is 0.0757 e. The van der Waals surface area contributed by atoms with Gasteiger partial charge in [0.25, 0.3) is 0 Å². The lowest BCUT2D eigenvalue weighted by Crippen LogP contribution is -2.49. The molecule has 1 aromatic heterocycles. The molecular formula is C16H28N4O. The van der Waals surface area contributed by atoms with Gasteiger partial charge in [-0.2, -0.15) is 5.10 Å². The molecule has 2 saturated heterocycles. The van der Waals surface area contributed by atoms with Crippen molar-refractivity contribution in [3.8, 4) is 0 Å². The van der Waals surface area contributed by atoms with E-state index >= 15 is 0 Å². The number of methoxy groups -OCH3 is 1. The van der Waals surface area contributed by atoms with Crippen LogP contribution in [0, 0.1) is 0 Å². The summed E-state index contributed by atoms with van der Waals surface area (Å²) in [6.45, 7) is 4.95. The minimum atomic E-state index is 0.693. The van der Waals surface area contributed by atoms with Gasteiger partial charge in [-0.15, -0.1) is 0 Å². The zero-order valence-electron chi connectivity index (χ0n) is 13.3. The molecular weight excluding hydrogens is 264 g/mol. The molecule has 0 spiro atoms. The normalized spacial score (nSPS) is 28.3. The summed E-state index contributed by atoms with van der Waals surface area (Å²) < 4.78 is 7.12. The second kappa shape index (κ2) is 6.79. The molecule has 5 nitrogen and oxygen atoms in total. The molecule has 2 unspecified atom stereocenters. The van der Waals surface area contributed by atoms with Crippen LogP contribution in [0.15, 0.2) is 12.4 Å². The topological polar surface area (TPSA) is 42.3 Å². The van der Waals surface area contributed by atoms with E-state index in [1.165, 1.54) is 37.8 Å². The summed E-state index contributed by atoms with van der Waals surface area (Å²) >= 11 is 0. The molecule has 2 aliphatic rings. The Morgan fingerprint density at radius 2 is 2.10 bits per heavy atom. The third-order valence-corrected chi connectivity index (χ3v) is 4.86. The van der Waals surface area contributed by atoms with Gasteiger partial charge in [-0.25, -0.2) is 0 Å². The van der Waals surface area contributed by atoms with Crippen LogP contribution in [0.3, 0.4) is 0 Å². The molecule has 118 valence electrons. The van der Waals surface area contributed by atoms with Gasteiger partial charge in [-0.05, 0) is 38.6 Å². The number of aromatic nitrogens is 2. The highest BCUT2D eigenvalue weighted by atomic mass is 16.5. The van der Waals surface area contributed by atoms with E-state index in [1.54, 1.807) is 7.11 Å². The van der Waals surface area contributed by atoms with E-state index in [0.29, 0.717) is 18.1 Å². The maximum absolute atomic E-state index is 5.12. The number of fused-ring (bicyclic) bond motifs is 2. The average molecular weight is 292 g/mol. The second-order valence-electron chi connectivity index (χ2n) is 6.37. The fraction of sp³-hybridized carbons (Fsp3) is 0.812. The molecule has 0 aliphatic carbocycles. The number of nitrogens with zero attached hydrogens (tertiary/aromatic N) is 3. The molecule has 0 radical (unpaired) electrons. The summed E-state index contributed by atoms with van der Waals surface area (Å²) in [6.07, 6.45) is 10.7. The molecule has 21 heavy (non-hydrogen) atoms. The van der Waals surface area contributed by atoms with E-state index in [-0.39, 0.29) is 0 Å². The largest absolute Gasteiger partial charge is 0.383 e. The predicted octanol–water partition coefficient (Wildman–Crippen LogP) is 2.03.